The van der Waals surface area contributed by atoms with Crippen molar-refractivity contribution in [2.24, 2.45) is 0 Å². The zero-order valence-corrected chi connectivity index (χ0v) is 12.7. The van der Waals surface area contributed by atoms with E-state index in [1.165, 1.54) is 5.56 Å². The lowest BCUT2D eigenvalue weighted by molar-refractivity contribution is 0.281. The van der Waals surface area contributed by atoms with E-state index in [1.54, 1.807) is 7.11 Å². The maximum atomic E-state index is 5.82. The molecule has 0 amide bonds. The molecule has 0 aliphatic heterocycles. The standard InChI is InChI=1S/C13H19BrClNO/c1-3-7-16(8-6-15)10-11-9-12(17-2)4-5-13(11)14/h4-5,9H,3,6-8,10H2,1-2H3. The molecule has 0 heterocycles. The second-order valence-corrected chi connectivity index (χ2v) is 5.15. The highest BCUT2D eigenvalue weighted by Crippen LogP contribution is 2.23. The van der Waals surface area contributed by atoms with Gasteiger partial charge in [-0.1, -0.05) is 22.9 Å². The molecule has 0 fully saturated rings. The molecule has 0 aliphatic carbocycles. The molecule has 96 valence electrons. The van der Waals surface area contributed by atoms with E-state index >= 15 is 0 Å². The molecule has 0 radical (unpaired) electrons. The van der Waals surface area contributed by atoms with Crippen LogP contribution in [0.3, 0.4) is 0 Å². The van der Waals surface area contributed by atoms with E-state index in [9.17, 15) is 0 Å². The van der Waals surface area contributed by atoms with E-state index in [0.29, 0.717) is 5.88 Å². The molecule has 0 N–H and O–H groups in total. The first-order valence-corrected chi connectivity index (χ1v) is 7.14. The van der Waals surface area contributed by atoms with Gasteiger partial charge in [0.1, 0.15) is 5.75 Å². The molecule has 0 bridgehead atoms. The second kappa shape index (κ2) is 7.96. The first kappa shape index (κ1) is 14.8. The van der Waals surface area contributed by atoms with E-state index in [2.05, 4.69) is 33.8 Å². The fourth-order valence-electron chi connectivity index (χ4n) is 1.75. The summed E-state index contributed by atoms with van der Waals surface area (Å²) in [5.41, 5.74) is 1.24. The maximum absolute atomic E-state index is 5.82. The molecule has 0 spiro atoms. The zero-order valence-electron chi connectivity index (χ0n) is 10.4. The summed E-state index contributed by atoms with van der Waals surface area (Å²) in [6.45, 7) is 5.07. The maximum Gasteiger partial charge on any atom is 0.119 e. The van der Waals surface area contributed by atoms with Gasteiger partial charge in [-0.25, -0.2) is 0 Å². The summed E-state index contributed by atoms with van der Waals surface area (Å²) in [5, 5.41) is 0. The fourth-order valence-corrected chi connectivity index (χ4v) is 2.36. The Hall–Kier alpha value is -0.250. The molecule has 1 aromatic carbocycles. The quantitative estimate of drug-likeness (QED) is 0.706. The van der Waals surface area contributed by atoms with Crippen LogP contribution in [0.15, 0.2) is 22.7 Å². The second-order valence-electron chi connectivity index (χ2n) is 3.92. The fraction of sp³-hybridized carbons (Fsp3) is 0.538. The lowest BCUT2D eigenvalue weighted by Crippen LogP contribution is -2.26. The third-order valence-corrected chi connectivity index (χ3v) is 3.53. The van der Waals surface area contributed by atoms with Crippen molar-refractivity contribution in [2.75, 3.05) is 26.1 Å². The number of benzene rings is 1. The molecule has 0 atom stereocenters. The van der Waals surface area contributed by atoms with Crippen LogP contribution >= 0.6 is 27.5 Å². The number of alkyl halides is 1. The number of methoxy groups -OCH3 is 1. The van der Waals surface area contributed by atoms with Gasteiger partial charge in [-0.2, -0.15) is 0 Å². The molecule has 2 nitrogen and oxygen atoms in total. The van der Waals surface area contributed by atoms with Crippen LogP contribution < -0.4 is 4.74 Å². The average Bonchev–Trinajstić information content (AvgIpc) is 2.32. The van der Waals surface area contributed by atoms with Gasteiger partial charge in [-0.05, 0) is 36.7 Å². The van der Waals surface area contributed by atoms with Crippen LogP contribution in [-0.2, 0) is 6.54 Å². The van der Waals surface area contributed by atoms with Crippen molar-refractivity contribution in [3.05, 3.63) is 28.2 Å². The largest absolute Gasteiger partial charge is 0.497 e. The van der Waals surface area contributed by atoms with Crippen molar-refractivity contribution in [3.8, 4) is 5.75 Å². The highest BCUT2D eigenvalue weighted by molar-refractivity contribution is 9.10. The number of hydrogen-bond donors (Lipinski definition) is 0. The zero-order chi connectivity index (χ0) is 12.7. The van der Waals surface area contributed by atoms with E-state index < -0.39 is 0 Å². The Morgan fingerprint density at radius 1 is 1.35 bits per heavy atom. The van der Waals surface area contributed by atoms with Gasteiger partial charge in [-0.3, -0.25) is 4.90 Å². The minimum absolute atomic E-state index is 0.668. The summed E-state index contributed by atoms with van der Waals surface area (Å²) in [5.74, 6) is 1.56. The van der Waals surface area contributed by atoms with Gasteiger partial charge in [0.15, 0.2) is 0 Å². The number of ether oxygens (including phenoxy) is 1. The molecule has 0 unspecified atom stereocenters. The number of hydrogen-bond acceptors (Lipinski definition) is 2. The highest BCUT2D eigenvalue weighted by Gasteiger charge is 2.08. The van der Waals surface area contributed by atoms with Crippen LogP contribution in [0.1, 0.15) is 18.9 Å². The average molecular weight is 321 g/mol. The molecule has 0 saturated carbocycles. The lowest BCUT2D eigenvalue weighted by Gasteiger charge is -2.21. The third kappa shape index (κ3) is 4.86. The molecule has 1 aromatic rings. The van der Waals surface area contributed by atoms with E-state index in [-0.39, 0.29) is 0 Å². The Bertz CT molecular complexity index is 340. The molecular formula is C13H19BrClNO. The Morgan fingerprint density at radius 3 is 2.71 bits per heavy atom. The van der Waals surface area contributed by atoms with Crippen LogP contribution in [0.4, 0.5) is 0 Å². The van der Waals surface area contributed by atoms with Crippen LogP contribution in [0, 0.1) is 0 Å². The molecule has 17 heavy (non-hydrogen) atoms. The summed E-state index contributed by atoms with van der Waals surface area (Å²) >= 11 is 9.39. The third-order valence-electron chi connectivity index (χ3n) is 2.59. The lowest BCUT2D eigenvalue weighted by atomic mass is 10.2. The predicted molar refractivity (Wildman–Crippen MR) is 77.0 cm³/mol. The number of nitrogens with zero attached hydrogens (tertiary/aromatic N) is 1. The molecule has 0 saturated heterocycles. The summed E-state index contributed by atoms with van der Waals surface area (Å²) in [6, 6.07) is 6.05. The highest BCUT2D eigenvalue weighted by atomic mass is 79.9. The molecule has 4 heteroatoms. The van der Waals surface area contributed by atoms with E-state index in [4.69, 9.17) is 16.3 Å². The van der Waals surface area contributed by atoms with Crippen LogP contribution in [0.2, 0.25) is 0 Å². The summed E-state index contributed by atoms with van der Waals surface area (Å²) < 4.78 is 6.37. The topological polar surface area (TPSA) is 12.5 Å². The Labute approximate surface area is 117 Å². The minimum atomic E-state index is 0.668. The van der Waals surface area contributed by atoms with Gasteiger partial charge < -0.3 is 4.74 Å². The van der Waals surface area contributed by atoms with E-state index in [1.807, 2.05) is 12.1 Å². The van der Waals surface area contributed by atoms with Gasteiger partial charge in [0.2, 0.25) is 0 Å². The summed E-state index contributed by atoms with van der Waals surface area (Å²) in [6.07, 6.45) is 1.14. The predicted octanol–water partition coefficient (Wildman–Crippen LogP) is 3.91. The van der Waals surface area contributed by atoms with Gasteiger partial charge in [0.25, 0.3) is 0 Å². The van der Waals surface area contributed by atoms with Crippen molar-refractivity contribution in [3.63, 3.8) is 0 Å². The van der Waals surface area contributed by atoms with Crippen molar-refractivity contribution in [1.29, 1.82) is 0 Å². The summed E-state index contributed by atoms with van der Waals surface area (Å²) in [7, 11) is 1.69. The van der Waals surface area contributed by atoms with Gasteiger partial charge in [-0.15, -0.1) is 11.6 Å². The first-order chi connectivity index (χ1) is 8.21. The Balaban J connectivity index is 2.76. The smallest absolute Gasteiger partial charge is 0.119 e. The molecular weight excluding hydrogens is 302 g/mol. The molecule has 1 rings (SSSR count). The van der Waals surface area contributed by atoms with Crippen molar-refractivity contribution in [2.45, 2.75) is 19.9 Å². The monoisotopic (exact) mass is 319 g/mol. The van der Waals surface area contributed by atoms with Crippen LogP contribution in [-0.4, -0.2) is 31.0 Å². The normalized spacial score (nSPS) is 10.9. The summed E-state index contributed by atoms with van der Waals surface area (Å²) in [4.78, 5) is 2.35. The van der Waals surface area contributed by atoms with Gasteiger partial charge >= 0.3 is 0 Å². The van der Waals surface area contributed by atoms with Crippen LogP contribution in [0.25, 0.3) is 0 Å². The minimum Gasteiger partial charge on any atom is -0.497 e. The molecule has 0 aliphatic rings. The van der Waals surface area contributed by atoms with Crippen LogP contribution in [0.5, 0.6) is 5.75 Å². The molecule has 0 aromatic heterocycles. The van der Waals surface area contributed by atoms with Gasteiger partial charge in [0.05, 0.1) is 7.11 Å². The van der Waals surface area contributed by atoms with Crippen molar-refractivity contribution < 1.29 is 4.74 Å². The van der Waals surface area contributed by atoms with Crippen molar-refractivity contribution >= 4 is 27.5 Å². The Kier molecular flexibility index (Phi) is 6.93. The number of halogens is 2. The van der Waals surface area contributed by atoms with Crippen molar-refractivity contribution in [1.82, 2.24) is 4.90 Å². The Morgan fingerprint density at radius 2 is 2.12 bits per heavy atom. The van der Waals surface area contributed by atoms with Gasteiger partial charge in [0, 0.05) is 23.4 Å². The SMILES string of the molecule is CCCN(CCCl)Cc1cc(OC)ccc1Br. The first-order valence-electron chi connectivity index (χ1n) is 5.82. The number of rotatable bonds is 7. The van der Waals surface area contributed by atoms with E-state index in [0.717, 1.165) is 36.3 Å².